The van der Waals surface area contributed by atoms with Crippen molar-refractivity contribution in [2.75, 3.05) is 13.2 Å². The van der Waals surface area contributed by atoms with E-state index in [0.29, 0.717) is 25.9 Å². The summed E-state index contributed by atoms with van der Waals surface area (Å²) in [6.07, 6.45) is 79.1. The van der Waals surface area contributed by atoms with Gasteiger partial charge in [-0.2, -0.15) is 0 Å². The number of carbonyl (C=O) groups excluding carboxylic acids is 2. The predicted octanol–water partition coefficient (Wildman–Crippen LogP) is 21.4. The molecule has 0 rings (SSSR count). The van der Waals surface area contributed by atoms with Crippen molar-refractivity contribution in [1.82, 2.24) is 5.32 Å². The van der Waals surface area contributed by atoms with Gasteiger partial charge in [-0.15, -0.1) is 0 Å². The molecular formula is C68H131NO5. The average molecular weight is 1040 g/mol. The Morgan fingerprint density at radius 3 is 1.04 bits per heavy atom. The average Bonchev–Trinajstić information content (AvgIpc) is 3.40. The molecule has 0 spiro atoms. The summed E-state index contributed by atoms with van der Waals surface area (Å²) in [5, 5.41) is 23.4. The molecule has 0 heterocycles. The summed E-state index contributed by atoms with van der Waals surface area (Å²) in [6.45, 7) is 4.96. The summed E-state index contributed by atoms with van der Waals surface area (Å²) >= 11 is 0. The van der Waals surface area contributed by atoms with E-state index in [9.17, 15) is 19.8 Å². The number of allylic oxidation sites excluding steroid dienone is 4. The quantitative estimate of drug-likeness (QED) is 0.0320. The highest BCUT2D eigenvalue weighted by Gasteiger charge is 2.20. The largest absolute Gasteiger partial charge is 0.466 e. The highest BCUT2D eigenvalue weighted by atomic mass is 16.5. The molecule has 0 radical (unpaired) electrons. The van der Waals surface area contributed by atoms with Crippen LogP contribution in [-0.2, 0) is 14.3 Å². The van der Waals surface area contributed by atoms with E-state index < -0.39 is 12.1 Å². The summed E-state index contributed by atoms with van der Waals surface area (Å²) in [5.74, 6) is -0.0315. The van der Waals surface area contributed by atoms with Gasteiger partial charge < -0.3 is 20.3 Å². The number of hydrogen-bond donors (Lipinski definition) is 3. The molecule has 0 fully saturated rings. The molecule has 74 heavy (non-hydrogen) atoms. The van der Waals surface area contributed by atoms with Gasteiger partial charge in [-0.3, -0.25) is 9.59 Å². The van der Waals surface area contributed by atoms with Crippen LogP contribution in [0, 0.1) is 0 Å². The number of esters is 1. The van der Waals surface area contributed by atoms with Crippen LogP contribution in [0.15, 0.2) is 24.3 Å². The first-order valence-corrected chi connectivity index (χ1v) is 33.6. The Morgan fingerprint density at radius 1 is 0.378 bits per heavy atom. The number of amides is 1. The molecule has 0 bridgehead atoms. The molecule has 0 saturated heterocycles. The molecule has 6 nitrogen and oxygen atoms in total. The maximum atomic E-state index is 12.5. The lowest BCUT2D eigenvalue weighted by molar-refractivity contribution is -0.143. The van der Waals surface area contributed by atoms with Gasteiger partial charge in [0.1, 0.15) is 0 Å². The lowest BCUT2D eigenvalue weighted by Gasteiger charge is -2.22. The Hall–Kier alpha value is -1.66. The van der Waals surface area contributed by atoms with Crippen LogP contribution in [0.3, 0.4) is 0 Å². The minimum absolute atomic E-state index is 0.00270. The second-order valence-corrected chi connectivity index (χ2v) is 23.2. The zero-order valence-electron chi connectivity index (χ0n) is 50.1. The van der Waals surface area contributed by atoms with Crippen molar-refractivity contribution in [1.29, 1.82) is 0 Å². The fourth-order valence-electron chi connectivity index (χ4n) is 10.6. The Balaban J connectivity index is 3.39. The summed E-state index contributed by atoms with van der Waals surface area (Å²) in [6, 6.07) is -0.545. The Kier molecular flexibility index (Phi) is 62.4. The first-order chi connectivity index (χ1) is 36.5. The van der Waals surface area contributed by atoms with Crippen LogP contribution in [0.1, 0.15) is 373 Å². The van der Waals surface area contributed by atoms with Gasteiger partial charge in [0.2, 0.25) is 5.91 Å². The van der Waals surface area contributed by atoms with Crippen molar-refractivity contribution in [3.8, 4) is 0 Å². The molecular weight excluding hydrogens is 911 g/mol. The minimum atomic E-state index is -0.667. The molecule has 0 saturated carbocycles. The first-order valence-electron chi connectivity index (χ1n) is 33.6. The SMILES string of the molecule is CCCCCC/C=C\C/C=C\CCCCCCCCCC(=O)OCCCCCCCCCCCCCCCCCCCCCC(=O)NC(CO)C(O)CCCCCCCCCCCCCCCCCCCCCC. The maximum absolute atomic E-state index is 12.5. The van der Waals surface area contributed by atoms with Crippen molar-refractivity contribution in [3.63, 3.8) is 0 Å². The predicted molar refractivity (Wildman–Crippen MR) is 324 cm³/mol. The van der Waals surface area contributed by atoms with Crippen LogP contribution in [0.25, 0.3) is 0 Å². The monoisotopic (exact) mass is 1040 g/mol. The molecule has 3 N–H and O–H groups in total. The highest BCUT2D eigenvalue weighted by molar-refractivity contribution is 5.76. The lowest BCUT2D eigenvalue weighted by atomic mass is 10.0. The van der Waals surface area contributed by atoms with Crippen LogP contribution < -0.4 is 5.32 Å². The maximum Gasteiger partial charge on any atom is 0.305 e. The standard InChI is InChI=1S/C68H131NO5/c1-3-5-7-9-11-13-15-17-19-21-23-25-28-32-36-40-44-48-52-56-60-66(71)65(64-70)69-67(72)61-57-53-49-45-41-37-33-29-26-24-27-31-35-39-43-47-51-55-59-63-74-68(73)62-58-54-50-46-42-38-34-30-22-20-18-16-14-12-10-8-6-4-2/h14,16,20,22,65-66,70-71H,3-13,15,17-19,21,23-64H2,1-2H3,(H,69,72)/b16-14-,22-20-. The molecule has 2 unspecified atom stereocenters. The fraction of sp³-hybridized carbons (Fsp3) is 0.912. The zero-order valence-corrected chi connectivity index (χ0v) is 50.1. The van der Waals surface area contributed by atoms with Crippen LogP contribution in [0.2, 0.25) is 0 Å². The molecule has 0 aromatic rings. The van der Waals surface area contributed by atoms with Crippen LogP contribution >= 0.6 is 0 Å². The molecule has 6 heteroatoms. The van der Waals surface area contributed by atoms with Crippen molar-refractivity contribution < 1.29 is 24.5 Å². The first kappa shape index (κ1) is 72.3. The smallest absolute Gasteiger partial charge is 0.305 e. The van der Waals surface area contributed by atoms with Crippen molar-refractivity contribution in [2.45, 2.75) is 386 Å². The molecule has 1 amide bonds. The molecule has 0 aromatic heterocycles. The lowest BCUT2D eigenvalue weighted by Crippen LogP contribution is -2.45. The molecule has 0 aromatic carbocycles. The Morgan fingerprint density at radius 2 is 0.676 bits per heavy atom. The number of hydrogen-bond acceptors (Lipinski definition) is 5. The summed E-state index contributed by atoms with van der Waals surface area (Å²) in [4.78, 5) is 24.6. The van der Waals surface area contributed by atoms with Gasteiger partial charge in [0.05, 0.1) is 25.4 Å². The molecule has 0 aliphatic heterocycles. The van der Waals surface area contributed by atoms with Gasteiger partial charge in [-0.05, 0) is 57.8 Å². The van der Waals surface area contributed by atoms with E-state index in [1.54, 1.807) is 0 Å². The van der Waals surface area contributed by atoms with Gasteiger partial charge in [-0.25, -0.2) is 0 Å². The third-order valence-corrected chi connectivity index (χ3v) is 15.8. The van der Waals surface area contributed by atoms with Crippen molar-refractivity contribution in [2.24, 2.45) is 0 Å². The van der Waals surface area contributed by atoms with Crippen molar-refractivity contribution in [3.05, 3.63) is 24.3 Å². The fourth-order valence-corrected chi connectivity index (χ4v) is 10.6. The third kappa shape index (κ3) is 59.6. The Bertz CT molecular complexity index is 1150. The van der Waals surface area contributed by atoms with E-state index in [1.807, 2.05) is 0 Å². The van der Waals surface area contributed by atoms with E-state index in [4.69, 9.17) is 4.74 Å². The number of aliphatic hydroxyl groups is 2. The third-order valence-electron chi connectivity index (χ3n) is 15.8. The number of unbranched alkanes of at least 4 members (excludes halogenated alkanes) is 48. The van der Waals surface area contributed by atoms with E-state index in [2.05, 4.69) is 43.5 Å². The normalized spacial score (nSPS) is 12.6. The Labute approximate surface area is 462 Å². The van der Waals surface area contributed by atoms with Gasteiger partial charge >= 0.3 is 5.97 Å². The molecule has 438 valence electrons. The van der Waals surface area contributed by atoms with Crippen LogP contribution in [0.5, 0.6) is 0 Å². The summed E-state index contributed by atoms with van der Waals surface area (Å²) < 4.78 is 5.50. The molecule has 0 aliphatic rings. The van der Waals surface area contributed by atoms with Gasteiger partial charge in [0.25, 0.3) is 0 Å². The molecule has 2 atom stereocenters. The van der Waals surface area contributed by atoms with Crippen LogP contribution in [-0.4, -0.2) is 47.4 Å². The van der Waals surface area contributed by atoms with Crippen molar-refractivity contribution >= 4 is 11.9 Å². The summed E-state index contributed by atoms with van der Waals surface area (Å²) in [5.41, 5.74) is 0. The van der Waals surface area contributed by atoms with Gasteiger partial charge in [-0.1, -0.05) is 327 Å². The number of aliphatic hydroxyl groups excluding tert-OH is 2. The summed E-state index contributed by atoms with van der Waals surface area (Å²) in [7, 11) is 0. The van der Waals surface area contributed by atoms with Gasteiger partial charge in [0.15, 0.2) is 0 Å². The van der Waals surface area contributed by atoms with E-state index in [-0.39, 0.29) is 18.5 Å². The van der Waals surface area contributed by atoms with Crippen LogP contribution in [0.4, 0.5) is 0 Å². The number of carbonyl (C=O) groups is 2. The van der Waals surface area contributed by atoms with E-state index in [1.165, 1.54) is 289 Å². The van der Waals surface area contributed by atoms with E-state index >= 15 is 0 Å². The topological polar surface area (TPSA) is 95.9 Å². The van der Waals surface area contributed by atoms with E-state index in [0.717, 1.165) is 51.4 Å². The number of rotatable bonds is 63. The number of ether oxygens (including phenoxy) is 1. The highest BCUT2D eigenvalue weighted by Crippen LogP contribution is 2.19. The number of nitrogens with one attached hydrogen (secondary N) is 1. The second-order valence-electron chi connectivity index (χ2n) is 23.2. The second kappa shape index (κ2) is 63.9. The van der Waals surface area contributed by atoms with Gasteiger partial charge in [0, 0.05) is 12.8 Å². The minimum Gasteiger partial charge on any atom is -0.466 e. The zero-order chi connectivity index (χ0) is 53.6. The molecule has 0 aliphatic carbocycles.